The normalized spacial score (nSPS) is 15.1. The Labute approximate surface area is 231 Å². The van der Waals surface area contributed by atoms with Crippen LogP contribution in [0.5, 0.6) is 0 Å². The highest BCUT2D eigenvalue weighted by Crippen LogP contribution is 2.22. The van der Waals surface area contributed by atoms with Gasteiger partial charge in [-0.3, -0.25) is 4.90 Å². The monoisotopic (exact) mass is 521 g/mol. The van der Waals surface area contributed by atoms with Crippen LogP contribution in [0.15, 0.2) is 54.6 Å². The summed E-state index contributed by atoms with van der Waals surface area (Å²) in [5.41, 5.74) is 3.71. The molecule has 0 bridgehead atoms. The number of ether oxygens (including phenoxy) is 1. The highest BCUT2D eigenvalue weighted by Gasteiger charge is 2.19. The lowest BCUT2D eigenvalue weighted by atomic mass is 9.90. The van der Waals surface area contributed by atoms with Gasteiger partial charge < -0.3 is 15.0 Å². The van der Waals surface area contributed by atoms with Gasteiger partial charge in [-0.1, -0.05) is 67.4 Å². The van der Waals surface area contributed by atoms with Crippen LogP contribution in [-0.2, 0) is 17.7 Å². The molecular formula is C33H51N3O2. The first kappa shape index (κ1) is 30.2. The van der Waals surface area contributed by atoms with Crippen molar-refractivity contribution >= 4 is 6.09 Å². The largest absolute Gasteiger partial charge is 0.444 e. The van der Waals surface area contributed by atoms with E-state index in [1.54, 1.807) is 0 Å². The lowest BCUT2D eigenvalue weighted by Gasteiger charge is -2.32. The van der Waals surface area contributed by atoms with E-state index in [2.05, 4.69) is 76.6 Å². The molecule has 1 saturated heterocycles. The second-order valence-electron chi connectivity index (χ2n) is 12.0. The van der Waals surface area contributed by atoms with E-state index in [1.165, 1.54) is 81.3 Å². The zero-order valence-corrected chi connectivity index (χ0v) is 24.4. The fraction of sp³-hybridized carbons (Fsp3) is 0.606. The number of nitrogens with one attached hydrogen (secondary N) is 1. The molecule has 5 heteroatoms. The number of piperidine rings is 1. The molecule has 0 atom stereocenters. The number of aryl methyl sites for hydroxylation is 1. The quantitative estimate of drug-likeness (QED) is 0.277. The van der Waals surface area contributed by atoms with Gasteiger partial charge in [-0.05, 0) is 109 Å². The number of hydrogen-bond acceptors (Lipinski definition) is 4. The minimum Gasteiger partial charge on any atom is -0.444 e. The Kier molecular flexibility index (Phi) is 12.6. The Balaban J connectivity index is 1.32. The Hall–Kier alpha value is -2.37. The Morgan fingerprint density at radius 1 is 0.947 bits per heavy atom. The third kappa shape index (κ3) is 12.0. The summed E-state index contributed by atoms with van der Waals surface area (Å²) in [6, 6.07) is 19.6. The van der Waals surface area contributed by atoms with E-state index in [-0.39, 0.29) is 6.09 Å². The van der Waals surface area contributed by atoms with Crippen LogP contribution < -0.4 is 5.32 Å². The van der Waals surface area contributed by atoms with Crippen molar-refractivity contribution in [3.8, 4) is 0 Å². The van der Waals surface area contributed by atoms with Crippen molar-refractivity contribution in [1.82, 2.24) is 15.1 Å². The summed E-state index contributed by atoms with van der Waals surface area (Å²) in [7, 11) is 0. The summed E-state index contributed by atoms with van der Waals surface area (Å²) in [6.07, 6.45) is 8.60. The molecule has 0 spiro atoms. The van der Waals surface area contributed by atoms with Crippen molar-refractivity contribution in [1.29, 1.82) is 0 Å². The molecule has 1 N–H and O–H groups in total. The molecule has 1 aliphatic heterocycles. The predicted octanol–water partition coefficient (Wildman–Crippen LogP) is 6.84. The number of rotatable bonds is 14. The number of unbranched alkanes of at least 4 members (excludes halogenated alkanes) is 3. The van der Waals surface area contributed by atoms with E-state index in [4.69, 9.17) is 4.74 Å². The SMILES string of the molecule is Cc1ccccc1CN(CCCCCCN1CCC(Cc2ccccc2)CC1)CCNC(=O)OC(C)(C)C. The fourth-order valence-electron chi connectivity index (χ4n) is 5.31. The van der Waals surface area contributed by atoms with Gasteiger partial charge in [0.25, 0.3) is 0 Å². The summed E-state index contributed by atoms with van der Waals surface area (Å²) in [4.78, 5) is 17.2. The van der Waals surface area contributed by atoms with Crippen molar-refractivity contribution in [2.45, 2.75) is 84.8 Å². The van der Waals surface area contributed by atoms with Crippen LogP contribution in [0.3, 0.4) is 0 Å². The summed E-state index contributed by atoms with van der Waals surface area (Å²) in [5, 5.41) is 2.93. The molecule has 1 amide bonds. The predicted molar refractivity (Wildman–Crippen MR) is 158 cm³/mol. The zero-order valence-electron chi connectivity index (χ0n) is 24.4. The molecule has 2 aromatic rings. The molecule has 1 fully saturated rings. The number of hydrogen-bond donors (Lipinski definition) is 1. The van der Waals surface area contributed by atoms with E-state index in [0.29, 0.717) is 6.54 Å². The second-order valence-corrected chi connectivity index (χ2v) is 12.0. The fourth-order valence-corrected chi connectivity index (χ4v) is 5.31. The zero-order chi connectivity index (χ0) is 27.2. The average Bonchev–Trinajstić information content (AvgIpc) is 2.87. The molecule has 1 heterocycles. The van der Waals surface area contributed by atoms with Crippen LogP contribution in [0.2, 0.25) is 0 Å². The van der Waals surface area contributed by atoms with Crippen molar-refractivity contribution in [2.24, 2.45) is 5.92 Å². The van der Waals surface area contributed by atoms with Gasteiger partial charge in [0.15, 0.2) is 0 Å². The third-order valence-corrected chi connectivity index (χ3v) is 7.52. The maximum atomic E-state index is 12.1. The standard InChI is InChI=1S/C33H51N3O2/c1-28-14-10-11-17-31(28)27-36(25-20-34-32(37)38-33(2,3)4)22-13-6-5-12-21-35-23-18-30(19-24-35)26-29-15-8-7-9-16-29/h7-11,14-17,30H,5-6,12-13,18-27H2,1-4H3,(H,34,37). The van der Waals surface area contributed by atoms with Crippen molar-refractivity contribution in [2.75, 3.05) is 39.3 Å². The van der Waals surface area contributed by atoms with Gasteiger partial charge in [-0.25, -0.2) is 4.79 Å². The number of nitrogens with zero attached hydrogens (tertiary/aromatic N) is 2. The van der Waals surface area contributed by atoms with E-state index in [0.717, 1.165) is 25.6 Å². The van der Waals surface area contributed by atoms with Crippen LogP contribution >= 0.6 is 0 Å². The third-order valence-electron chi connectivity index (χ3n) is 7.52. The minimum absolute atomic E-state index is 0.336. The van der Waals surface area contributed by atoms with Crippen LogP contribution in [0.25, 0.3) is 0 Å². The molecule has 0 saturated carbocycles. The molecule has 0 unspecified atom stereocenters. The summed E-state index contributed by atoms with van der Waals surface area (Å²) in [6.45, 7) is 15.0. The Morgan fingerprint density at radius 2 is 1.63 bits per heavy atom. The summed E-state index contributed by atoms with van der Waals surface area (Å²) < 4.78 is 5.39. The average molecular weight is 522 g/mol. The first-order chi connectivity index (χ1) is 18.3. The maximum Gasteiger partial charge on any atom is 0.407 e. The molecule has 3 rings (SSSR count). The van der Waals surface area contributed by atoms with Crippen LogP contribution in [0.4, 0.5) is 4.79 Å². The smallest absolute Gasteiger partial charge is 0.407 e. The Bertz CT molecular complexity index is 933. The van der Waals surface area contributed by atoms with Gasteiger partial charge in [0.1, 0.15) is 5.60 Å². The number of carbonyl (C=O) groups excluding carboxylic acids is 1. The van der Waals surface area contributed by atoms with Gasteiger partial charge in [0.05, 0.1) is 0 Å². The summed E-state index contributed by atoms with van der Waals surface area (Å²) >= 11 is 0. The summed E-state index contributed by atoms with van der Waals surface area (Å²) in [5.74, 6) is 0.845. The molecule has 5 nitrogen and oxygen atoms in total. The van der Waals surface area contributed by atoms with Gasteiger partial charge in [-0.15, -0.1) is 0 Å². The molecule has 0 radical (unpaired) electrons. The molecule has 0 aromatic heterocycles. The number of likely N-dealkylation sites (tertiary alicyclic amines) is 1. The molecule has 1 aliphatic rings. The molecular weight excluding hydrogens is 470 g/mol. The van der Waals surface area contributed by atoms with E-state index < -0.39 is 5.60 Å². The second kappa shape index (κ2) is 15.9. The highest BCUT2D eigenvalue weighted by molar-refractivity contribution is 5.67. The number of amides is 1. The van der Waals surface area contributed by atoms with Gasteiger partial charge in [0, 0.05) is 19.6 Å². The first-order valence-electron chi connectivity index (χ1n) is 14.8. The number of benzene rings is 2. The van der Waals surface area contributed by atoms with Crippen LogP contribution in [-0.4, -0.2) is 60.8 Å². The molecule has 38 heavy (non-hydrogen) atoms. The van der Waals surface area contributed by atoms with Crippen LogP contribution in [0, 0.1) is 12.8 Å². The van der Waals surface area contributed by atoms with Crippen LogP contribution in [0.1, 0.15) is 76.0 Å². The lowest BCUT2D eigenvalue weighted by Crippen LogP contribution is -2.38. The Morgan fingerprint density at radius 3 is 2.34 bits per heavy atom. The topological polar surface area (TPSA) is 44.8 Å². The van der Waals surface area contributed by atoms with E-state index in [1.807, 2.05) is 20.8 Å². The van der Waals surface area contributed by atoms with Crippen molar-refractivity contribution < 1.29 is 9.53 Å². The molecule has 0 aliphatic carbocycles. The maximum absolute atomic E-state index is 12.1. The van der Waals surface area contributed by atoms with Crippen molar-refractivity contribution in [3.63, 3.8) is 0 Å². The molecule has 2 aromatic carbocycles. The van der Waals surface area contributed by atoms with Gasteiger partial charge in [0.2, 0.25) is 0 Å². The highest BCUT2D eigenvalue weighted by atomic mass is 16.6. The lowest BCUT2D eigenvalue weighted by molar-refractivity contribution is 0.0521. The van der Waals surface area contributed by atoms with Crippen molar-refractivity contribution in [3.05, 3.63) is 71.3 Å². The first-order valence-corrected chi connectivity index (χ1v) is 14.8. The van der Waals surface area contributed by atoms with Gasteiger partial charge >= 0.3 is 6.09 Å². The minimum atomic E-state index is -0.469. The van der Waals surface area contributed by atoms with E-state index in [9.17, 15) is 4.79 Å². The number of alkyl carbamates (subject to hydrolysis) is 1. The molecule has 210 valence electrons. The van der Waals surface area contributed by atoms with Gasteiger partial charge in [-0.2, -0.15) is 0 Å². The number of carbonyl (C=O) groups is 1. The van der Waals surface area contributed by atoms with E-state index >= 15 is 0 Å².